The van der Waals surface area contributed by atoms with Gasteiger partial charge >= 0.3 is 0 Å². The minimum Gasteiger partial charge on any atom is -0.497 e. The zero-order valence-electron chi connectivity index (χ0n) is 7.52. The molecular weight excluding hydrogens is 206 g/mol. The van der Waals surface area contributed by atoms with Gasteiger partial charge in [0.2, 0.25) is 0 Å². The van der Waals surface area contributed by atoms with Gasteiger partial charge in [-0.05, 0) is 12.1 Å². The summed E-state index contributed by atoms with van der Waals surface area (Å²) < 4.78 is 28.3. The molecule has 0 aliphatic rings. The standard InChI is InChI=1S/C7H11N3O3S/c1-13-5-2-3-7(6(8)4-5)10-14(9,11)12/h2-4,10H,8H2,1H3,(H2,9,11,12). The molecular formula is C7H11N3O3S. The highest BCUT2D eigenvalue weighted by Gasteiger charge is 2.06. The second kappa shape index (κ2) is 3.72. The van der Waals surface area contributed by atoms with Crippen LogP contribution in [-0.4, -0.2) is 15.5 Å². The highest BCUT2D eigenvalue weighted by atomic mass is 32.2. The van der Waals surface area contributed by atoms with Gasteiger partial charge in [-0.2, -0.15) is 8.42 Å². The van der Waals surface area contributed by atoms with E-state index in [4.69, 9.17) is 15.6 Å². The summed E-state index contributed by atoms with van der Waals surface area (Å²) in [6.07, 6.45) is 0. The first-order valence-electron chi connectivity index (χ1n) is 3.66. The first-order chi connectivity index (χ1) is 6.42. The van der Waals surface area contributed by atoms with Gasteiger partial charge in [0.15, 0.2) is 0 Å². The van der Waals surface area contributed by atoms with Crippen LogP contribution < -0.4 is 20.3 Å². The monoisotopic (exact) mass is 217 g/mol. The molecule has 0 saturated carbocycles. The minimum absolute atomic E-state index is 0.230. The Morgan fingerprint density at radius 1 is 1.43 bits per heavy atom. The van der Waals surface area contributed by atoms with E-state index in [2.05, 4.69) is 4.72 Å². The molecule has 5 N–H and O–H groups in total. The molecule has 1 aromatic rings. The van der Waals surface area contributed by atoms with Crippen LogP contribution in [0.15, 0.2) is 18.2 Å². The number of nitrogens with two attached hydrogens (primary N) is 2. The van der Waals surface area contributed by atoms with Crippen molar-refractivity contribution in [2.75, 3.05) is 17.6 Å². The van der Waals surface area contributed by atoms with E-state index in [1.807, 2.05) is 0 Å². The fourth-order valence-corrected chi connectivity index (χ4v) is 1.41. The Hall–Kier alpha value is -1.47. The number of methoxy groups -OCH3 is 1. The third-order valence-electron chi connectivity index (χ3n) is 1.51. The molecule has 0 aromatic heterocycles. The van der Waals surface area contributed by atoms with Gasteiger partial charge in [0.25, 0.3) is 10.2 Å². The number of benzene rings is 1. The predicted molar refractivity (Wildman–Crippen MR) is 54.1 cm³/mol. The Labute approximate surface area is 82.0 Å². The van der Waals surface area contributed by atoms with Crippen molar-refractivity contribution in [2.24, 2.45) is 5.14 Å². The molecule has 14 heavy (non-hydrogen) atoms. The molecule has 0 radical (unpaired) electrons. The number of hydrogen-bond donors (Lipinski definition) is 3. The molecule has 0 bridgehead atoms. The van der Waals surface area contributed by atoms with Gasteiger partial charge in [-0.15, -0.1) is 0 Å². The zero-order valence-corrected chi connectivity index (χ0v) is 8.34. The van der Waals surface area contributed by atoms with Crippen molar-refractivity contribution in [1.82, 2.24) is 0 Å². The molecule has 0 amide bonds. The summed E-state index contributed by atoms with van der Waals surface area (Å²) in [6, 6.07) is 4.54. The summed E-state index contributed by atoms with van der Waals surface area (Å²) >= 11 is 0. The number of rotatable bonds is 3. The van der Waals surface area contributed by atoms with Crippen molar-refractivity contribution in [3.05, 3.63) is 18.2 Å². The van der Waals surface area contributed by atoms with E-state index in [9.17, 15) is 8.42 Å². The van der Waals surface area contributed by atoms with Gasteiger partial charge in [-0.25, -0.2) is 5.14 Å². The van der Waals surface area contributed by atoms with Crippen LogP contribution >= 0.6 is 0 Å². The van der Waals surface area contributed by atoms with Gasteiger partial charge in [-0.1, -0.05) is 0 Å². The average Bonchev–Trinajstić information content (AvgIpc) is 2.06. The fraction of sp³-hybridized carbons (Fsp3) is 0.143. The van der Waals surface area contributed by atoms with Crippen LogP contribution in [0.2, 0.25) is 0 Å². The van der Waals surface area contributed by atoms with Crippen LogP contribution in [0.1, 0.15) is 0 Å². The first kappa shape index (κ1) is 10.6. The van der Waals surface area contributed by atoms with Crippen LogP contribution in [0, 0.1) is 0 Å². The Morgan fingerprint density at radius 3 is 2.50 bits per heavy atom. The summed E-state index contributed by atoms with van der Waals surface area (Å²) in [6.45, 7) is 0. The Kier molecular flexibility index (Phi) is 2.82. The third kappa shape index (κ3) is 2.79. The highest BCUT2D eigenvalue weighted by Crippen LogP contribution is 2.24. The van der Waals surface area contributed by atoms with Crippen molar-refractivity contribution in [3.63, 3.8) is 0 Å². The third-order valence-corrected chi connectivity index (χ3v) is 2.02. The van der Waals surface area contributed by atoms with E-state index in [0.29, 0.717) is 5.75 Å². The first-order valence-corrected chi connectivity index (χ1v) is 5.21. The number of nitrogens with one attached hydrogen (secondary N) is 1. The molecule has 78 valence electrons. The SMILES string of the molecule is COc1ccc(NS(N)(=O)=O)c(N)c1. The maximum Gasteiger partial charge on any atom is 0.296 e. The number of anilines is 2. The van der Waals surface area contributed by atoms with Crippen molar-refractivity contribution in [3.8, 4) is 5.75 Å². The molecule has 0 aliphatic heterocycles. The zero-order chi connectivity index (χ0) is 10.8. The molecule has 6 nitrogen and oxygen atoms in total. The van der Waals surface area contributed by atoms with E-state index in [0.717, 1.165) is 0 Å². The summed E-state index contributed by atoms with van der Waals surface area (Å²) in [4.78, 5) is 0. The van der Waals surface area contributed by atoms with E-state index in [1.165, 1.54) is 19.2 Å². The van der Waals surface area contributed by atoms with Gasteiger partial charge in [0.1, 0.15) is 5.75 Å². The van der Waals surface area contributed by atoms with Crippen LogP contribution in [0.5, 0.6) is 5.75 Å². The van der Waals surface area contributed by atoms with Gasteiger partial charge in [0, 0.05) is 6.07 Å². The molecule has 0 spiro atoms. The van der Waals surface area contributed by atoms with Crippen LogP contribution in [0.4, 0.5) is 11.4 Å². The van der Waals surface area contributed by atoms with Crippen LogP contribution in [0.3, 0.4) is 0 Å². The lowest BCUT2D eigenvalue weighted by atomic mass is 10.2. The number of nitrogen functional groups attached to an aromatic ring is 1. The molecule has 7 heteroatoms. The number of hydrogen-bond acceptors (Lipinski definition) is 4. The van der Waals surface area contributed by atoms with Crippen molar-refractivity contribution < 1.29 is 13.2 Å². The Morgan fingerprint density at radius 2 is 2.07 bits per heavy atom. The molecule has 0 heterocycles. The lowest BCUT2D eigenvalue weighted by Crippen LogP contribution is -2.22. The Balaban J connectivity index is 3.01. The maximum absolute atomic E-state index is 10.7. The molecule has 1 aromatic carbocycles. The van der Waals surface area contributed by atoms with Crippen molar-refractivity contribution in [1.29, 1.82) is 0 Å². The van der Waals surface area contributed by atoms with Crippen molar-refractivity contribution >= 4 is 21.6 Å². The van der Waals surface area contributed by atoms with E-state index < -0.39 is 10.2 Å². The molecule has 0 aliphatic carbocycles. The normalized spacial score (nSPS) is 11.0. The van der Waals surface area contributed by atoms with E-state index in [1.54, 1.807) is 6.07 Å². The van der Waals surface area contributed by atoms with Gasteiger partial charge in [0.05, 0.1) is 18.5 Å². The molecule has 0 unspecified atom stereocenters. The van der Waals surface area contributed by atoms with E-state index >= 15 is 0 Å². The summed E-state index contributed by atoms with van der Waals surface area (Å²) in [5.74, 6) is 0.544. The van der Waals surface area contributed by atoms with E-state index in [-0.39, 0.29) is 11.4 Å². The molecule has 0 atom stereocenters. The summed E-state index contributed by atoms with van der Waals surface area (Å²) in [7, 11) is -2.30. The predicted octanol–water partition coefficient (Wildman–Crippen LogP) is -0.107. The minimum atomic E-state index is -3.79. The quantitative estimate of drug-likeness (QED) is 0.614. The van der Waals surface area contributed by atoms with Gasteiger partial charge < -0.3 is 10.5 Å². The molecule has 0 fully saturated rings. The van der Waals surface area contributed by atoms with Crippen molar-refractivity contribution in [2.45, 2.75) is 0 Å². The fourth-order valence-electron chi connectivity index (χ4n) is 0.914. The highest BCUT2D eigenvalue weighted by molar-refractivity contribution is 7.90. The lowest BCUT2D eigenvalue weighted by Gasteiger charge is -2.08. The second-order valence-corrected chi connectivity index (χ2v) is 3.89. The van der Waals surface area contributed by atoms with Crippen LogP contribution in [-0.2, 0) is 10.2 Å². The second-order valence-electron chi connectivity index (χ2n) is 2.60. The Bertz CT molecular complexity index is 430. The molecule has 1 rings (SSSR count). The van der Waals surface area contributed by atoms with Crippen LogP contribution in [0.25, 0.3) is 0 Å². The smallest absolute Gasteiger partial charge is 0.296 e. The maximum atomic E-state index is 10.7. The average molecular weight is 217 g/mol. The number of ether oxygens (including phenoxy) is 1. The summed E-state index contributed by atoms with van der Waals surface area (Å²) in [5.41, 5.74) is 6.02. The molecule has 0 saturated heterocycles. The summed E-state index contributed by atoms with van der Waals surface area (Å²) in [5, 5.41) is 4.78. The van der Waals surface area contributed by atoms with Gasteiger partial charge in [-0.3, -0.25) is 4.72 Å². The largest absolute Gasteiger partial charge is 0.497 e. The topological polar surface area (TPSA) is 107 Å². The lowest BCUT2D eigenvalue weighted by molar-refractivity contribution is 0.415.